The summed E-state index contributed by atoms with van der Waals surface area (Å²) in [7, 11) is -1.55. The van der Waals surface area contributed by atoms with E-state index in [1.54, 1.807) is 17.4 Å². The molecule has 0 atom stereocenters. The summed E-state index contributed by atoms with van der Waals surface area (Å²) < 4.78 is 28.3. The highest BCUT2D eigenvalue weighted by Crippen LogP contribution is 2.23. The second-order valence-corrected chi connectivity index (χ2v) is 9.81. The number of rotatable bonds is 7. The van der Waals surface area contributed by atoms with Crippen LogP contribution in [0.3, 0.4) is 0 Å². The van der Waals surface area contributed by atoms with Gasteiger partial charge in [-0.2, -0.15) is 0 Å². The van der Waals surface area contributed by atoms with Crippen molar-refractivity contribution in [3.05, 3.63) is 37.8 Å². The fourth-order valence-corrected chi connectivity index (χ4v) is 5.56. The second kappa shape index (κ2) is 7.15. The van der Waals surface area contributed by atoms with Gasteiger partial charge in [-0.3, -0.25) is 0 Å². The van der Waals surface area contributed by atoms with Crippen molar-refractivity contribution in [2.45, 2.75) is 17.2 Å². The number of halogens is 1. The molecule has 0 saturated heterocycles. The highest BCUT2D eigenvalue weighted by molar-refractivity contribution is 9.11. The molecule has 110 valence electrons. The van der Waals surface area contributed by atoms with E-state index in [4.69, 9.17) is 0 Å². The van der Waals surface area contributed by atoms with E-state index in [0.717, 1.165) is 13.5 Å². The van der Waals surface area contributed by atoms with E-state index in [9.17, 15) is 8.42 Å². The van der Waals surface area contributed by atoms with Crippen LogP contribution in [0, 0.1) is 0 Å². The van der Waals surface area contributed by atoms with Crippen molar-refractivity contribution in [1.29, 1.82) is 0 Å². The summed E-state index contributed by atoms with van der Waals surface area (Å²) in [6.45, 7) is 1.10. The van der Waals surface area contributed by atoms with Crippen LogP contribution in [-0.4, -0.2) is 22.0 Å². The van der Waals surface area contributed by atoms with Crippen molar-refractivity contribution in [1.82, 2.24) is 10.0 Å². The van der Waals surface area contributed by atoms with Gasteiger partial charge in [0.25, 0.3) is 0 Å². The molecule has 2 rings (SSSR count). The fraction of sp³-hybridized carbons (Fsp3) is 0.333. The average Bonchev–Trinajstić information content (AvgIpc) is 2.99. The normalized spacial score (nSPS) is 11.9. The van der Waals surface area contributed by atoms with E-state index >= 15 is 0 Å². The van der Waals surface area contributed by atoms with Crippen LogP contribution in [0.2, 0.25) is 0 Å². The van der Waals surface area contributed by atoms with E-state index < -0.39 is 10.0 Å². The second-order valence-electron chi connectivity index (χ2n) is 4.10. The number of hydrogen-bond donors (Lipinski definition) is 2. The lowest BCUT2D eigenvalue weighted by atomic mass is 10.3. The molecular formula is C12H15BrN2O2S3. The number of nitrogens with one attached hydrogen (secondary N) is 2. The summed E-state index contributed by atoms with van der Waals surface area (Å²) >= 11 is 6.31. The highest BCUT2D eigenvalue weighted by atomic mass is 79.9. The van der Waals surface area contributed by atoms with Crippen LogP contribution in [0.25, 0.3) is 0 Å². The molecule has 4 nitrogen and oxygen atoms in total. The molecule has 0 amide bonds. The van der Waals surface area contributed by atoms with Crippen molar-refractivity contribution in [2.75, 3.05) is 13.6 Å². The molecule has 20 heavy (non-hydrogen) atoms. The van der Waals surface area contributed by atoms with Gasteiger partial charge in [0.15, 0.2) is 0 Å². The molecule has 0 bridgehead atoms. The van der Waals surface area contributed by atoms with Crippen molar-refractivity contribution in [3.63, 3.8) is 0 Å². The molecule has 2 aromatic rings. The van der Waals surface area contributed by atoms with Gasteiger partial charge < -0.3 is 5.32 Å². The van der Waals surface area contributed by atoms with Gasteiger partial charge in [-0.25, -0.2) is 13.1 Å². The topological polar surface area (TPSA) is 58.2 Å². The van der Waals surface area contributed by atoms with Crippen LogP contribution >= 0.6 is 38.6 Å². The largest absolute Gasteiger partial charge is 0.315 e. The Balaban J connectivity index is 1.92. The summed E-state index contributed by atoms with van der Waals surface area (Å²) in [4.78, 5) is 2.16. The van der Waals surface area contributed by atoms with Crippen LogP contribution in [0.15, 0.2) is 32.3 Å². The zero-order valence-corrected chi connectivity index (χ0v) is 14.9. The van der Waals surface area contributed by atoms with Crippen LogP contribution in [0.1, 0.15) is 9.75 Å². The van der Waals surface area contributed by atoms with Crippen molar-refractivity contribution in [3.8, 4) is 0 Å². The molecule has 0 aliphatic rings. The van der Waals surface area contributed by atoms with E-state index in [2.05, 4.69) is 26.0 Å². The number of sulfonamides is 1. The van der Waals surface area contributed by atoms with Gasteiger partial charge >= 0.3 is 0 Å². The molecule has 0 unspecified atom stereocenters. The third-order valence-corrected chi connectivity index (χ3v) is 7.27. The maximum absolute atomic E-state index is 12.1. The summed E-state index contributed by atoms with van der Waals surface area (Å²) in [6, 6.07) is 7.46. The molecule has 0 radical (unpaired) electrons. The molecule has 0 saturated carbocycles. The molecule has 2 N–H and O–H groups in total. The van der Waals surface area contributed by atoms with Crippen LogP contribution in [0.5, 0.6) is 0 Å². The molecule has 0 aromatic carbocycles. The summed E-state index contributed by atoms with van der Waals surface area (Å²) in [5.74, 6) is 0. The first-order chi connectivity index (χ1) is 9.51. The first kappa shape index (κ1) is 16.1. The Labute approximate surface area is 135 Å². The van der Waals surface area contributed by atoms with Gasteiger partial charge in [0.05, 0.1) is 3.79 Å². The molecule has 2 heterocycles. The Bertz CT molecular complexity index is 664. The van der Waals surface area contributed by atoms with Gasteiger partial charge in [0.2, 0.25) is 10.0 Å². The predicted molar refractivity (Wildman–Crippen MR) is 88.0 cm³/mol. The minimum Gasteiger partial charge on any atom is -0.315 e. The predicted octanol–water partition coefficient (Wildman–Crippen LogP) is 2.81. The summed E-state index contributed by atoms with van der Waals surface area (Å²) in [6.07, 6.45) is 0.699. The molecule has 0 aliphatic heterocycles. The number of hydrogen-bond acceptors (Lipinski definition) is 5. The minimum atomic E-state index is -3.39. The van der Waals surface area contributed by atoms with E-state index in [0.29, 0.717) is 23.7 Å². The Morgan fingerprint density at radius 3 is 2.55 bits per heavy atom. The molecule has 0 fully saturated rings. The minimum absolute atomic E-state index is 0.370. The Hall–Kier alpha value is -0.250. The van der Waals surface area contributed by atoms with E-state index in [1.807, 2.05) is 25.2 Å². The maximum atomic E-state index is 12.1. The van der Waals surface area contributed by atoms with E-state index in [1.165, 1.54) is 11.3 Å². The number of thiophene rings is 2. The maximum Gasteiger partial charge on any atom is 0.250 e. The van der Waals surface area contributed by atoms with Gasteiger partial charge in [-0.05, 0) is 53.7 Å². The zero-order chi connectivity index (χ0) is 14.6. The molecule has 0 spiro atoms. The monoisotopic (exact) mass is 394 g/mol. The SMILES string of the molecule is CNCc1ccc(S(=O)(=O)NCCc2ccc(Br)s2)s1. The van der Waals surface area contributed by atoms with Gasteiger partial charge in [-0.1, -0.05) is 0 Å². The molecular weight excluding hydrogens is 380 g/mol. The fourth-order valence-electron chi connectivity index (χ4n) is 1.64. The standard InChI is InChI=1S/C12H15BrN2O2S3/c1-14-8-10-3-5-12(19-10)20(16,17)15-7-6-9-2-4-11(13)18-9/h2-5,14-15H,6-8H2,1H3. The van der Waals surface area contributed by atoms with Gasteiger partial charge in [0, 0.05) is 22.8 Å². The lowest BCUT2D eigenvalue weighted by molar-refractivity contribution is 0.584. The Morgan fingerprint density at radius 1 is 1.15 bits per heavy atom. The Morgan fingerprint density at radius 2 is 1.90 bits per heavy atom. The van der Waals surface area contributed by atoms with Crippen molar-refractivity contribution < 1.29 is 8.42 Å². The molecule has 8 heteroatoms. The smallest absolute Gasteiger partial charge is 0.250 e. The van der Waals surface area contributed by atoms with E-state index in [-0.39, 0.29) is 0 Å². The van der Waals surface area contributed by atoms with Crippen LogP contribution < -0.4 is 10.0 Å². The average molecular weight is 395 g/mol. The third kappa shape index (κ3) is 4.37. The highest BCUT2D eigenvalue weighted by Gasteiger charge is 2.16. The lowest BCUT2D eigenvalue weighted by Crippen LogP contribution is -2.25. The lowest BCUT2D eigenvalue weighted by Gasteiger charge is -2.03. The van der Waals surface area contributed by atoms with Crippen molar-refractivity contribution >= 4 is 48.6 Å². The summed E-state index contributed by atoms with van der Waals surface area (Å²) in [5, 5.41) is 3.01. The van der Waals surface area contributed by atoms with Crippen LogP contribution in [0.4, 0.5) is 0 Å². The summed E-state index contributed by atoms with van der Waals surface area (Å²) in [5.41, 5.74) is 0. The first-order valence-electron chi connectivity index (χ1n) is 5.98. The molecule has 2 aromatic heterocycles. The van der Waals surface area contributed by atoms with Crippen LogP contribution in [-0.2, 0) is 23.0 Å². The first-order valence-corrected chi connectivity index (χ1v) is 9.89. The molecule has 0 aliphatic carbocycles. The third-order valence-electron chi connectivity index (χ3n) is 2.55. The van der Waals surface area contributed by atoms with Crippen molar-refractivity contribution in [2.24, 2.45) is 0 Å². The quantitative estimate of drug-likeness (QED) is 0.758. The van der Waals surface area contributed by atoms with Gasteiger partial charge in [-0.15, -0.1) is 22.7 Å². The zero-order valence-electron chi connectivity index (χ0n) is 10.8. The van der Waals surface area contributed by atoms with Gasteiger partial charge in [0.1, 0.15) is 4.21 Å². The Kier molecular flexibility index (Phi) is 5.76.